The van der Waals surface area contributed by atoms with Gasteiger partial charge >= 0.3 is 0 Å². The molecule has 0 aromatic carbocycles. The Labute approximate surface area is 74.8 Å². The van der Waals surface area contributed by atoms with Gasteiger partial charge in [-0.05, 0) is 25.0 Å². The molecule has 0 atom stereocenters. The van der Waals surface area contributed by atoms with Crippen molar-refractivity contribution in [3.8, 4) is 0 Å². The van der Waals surface area contributed by atoms with Crippen molar-refractivity contribution < 1.29 is 4.42 Å². The molecule has 1 rings (SSSR count). The van der Waals surface area contributed by atoms with Gasteiger partial charge in [0.05, 0.1) is 0 Å². The zero-order chi connectivity index (χ0) is 8.81. The molecule has 0 aliphatic heterocycles. The normalized spacial score (nSPS) is 10.5. The van der Waals surface area contributed by atoms with Crippen molar-refractivity contribution in [1.29, 1.82) is 0 Å². The predicted octanol–water partition coefficient (Wildman–Crippen LogP) is 3.57. The van der Waals surface area contributed by atoms with Gasteiger partial charge in [-0.1, -0.05) is 20.3 Å². The summed E-state index contributed by atoms with van der Waals surface area (Å²) in [5, 5.41) is 0. The molecule has 0 fully saturated rings. The van der Waals surface area contributed by atoms with E-state index in [0.717, 1.165) is 24.4 Å². The van der Waals surface area contributed by atoms with Crippen LogP contribution in [0.15, 0.2) is 16.5 Å². The topological polar surface area (TPSA) is 13.1 Å². The van der Waals surface area contributed by atoms with Gasteiger partial charge in [0.2, 0.25) is 0 Å². The first-order chi connectivity index (χ1) is 5.86. The fourth-order valence-corrected chi connectivity index (χ4v) is 1.29. The highest BCUT2D eigenvalue weighted by Crippen LogP contribution is 2.12. The predicted molar refractivity (Wildman–Crippen MR) is 51.3 cm³/mol. The van der Waals surface area contributed by atoms with Gasteiger partial charge in [0.15, 0.2) is 0 Å². The third kappa shape index (κ3) is 2.72. The second-order valence-electron chi connectivity index (χ2n) is 3.22. The van der Waals surface area contributed by atoms with Crippen LogP contribution in [0.3, 0.4) is 0 Å². The molecule has 1 aromatic heterocycles. The molecule has 1 heterocycles. The summed E-state index contributed by atoms with van der Waals surface area (Å²) in [4.78, 5) is 0. The maximum absolute atomic E-state index is 5.63. The van der Waals surface area contributed by atoms with E-state index in [-0.39, 0.29) is 0 Å². The van der Waals surface area contributed by atoms with Gasteiger partial charge < -0.3 is 4.42 Å². The number of rotatable bonds is 5. The standard InChI is InChI=1S/C11H18O/c1-3-5-7-11-9-8-10(12-11)6-4-2/h8-9H,3-7H2,1-2H3. The van der Waals surface area contributed by atoms with Gasteiger partial charge in [0, 0.05) is 12.8 Å². The van der Waals surface area contributed by atoms with Gasteiger partial charge in [-0.15, -0.1) is 0 Å². The van der Waals surface area contributed by atoms with Crippen LogP contribution in [0.4, 0.5) is 0 Å². The van der Waals surface area contributed by atoms with Crippen molar-refractivity contribution in [3.05, 3.63) is 23.7 Å². The number of aryl methyl sites for hydroxylation is 2. The quantitative estimate of drug-likeness (QED) is 0.651. The van der Waals surface area contributed by atoms with Gasteiger partial charge in [-0.2, -0.15) is 0 Å². The lowest BCUT2D eigenvalue weighted by atomic mass is 10.2. The van der Waals surface area contributed by atoms with E-state index < -0.39 is 0 Å². The largest absolute Gasteiger partial charge is 0.466 e. The average molecular weight is 166 g/mol. The third-order valence-electron chi connectivity index (χ3n) is 1.99. The Morgan fingerprint density at radius 3 is 2.25 bits per heavy atom. The number of hydrogen-bond acceptors (Lipinski definition) is 1. The molecule has 0 aliphatic rings. The molecule has 1 heteroatoms. The van der Waals surface area contributed by atoms with Gasteiger partial charge in [-0.3, -0.25) is 0 Å². The van der Waals surface area contributed by atoms with E-state index in [2.05, 4.69) is 26.0 Å². The molecule has 0 aliphatic carbocycles. The maximum Gasteiger partial charge on any atom is 0.104 e. The number of furan rings is 1. The van der Waals surface area contributed by atoms with Crippen molar-refractivity contribution in [2.45, 2.75) is 46.0 Å². The molecular formula is C11H18O. The van der Waals surface area contributed by atoms with Crippen LogP contribution in [0.5, 0.6) is 0 Å². The van der Waals surface area contributed by atoms with Crippen LogP contribution in [0, 0.1) is 0 Å². The lowest BCUT2D eigenvalue weighted by molar-refractivity contribution is 0.457. The molecule has 0 spiro atoms. The first-order valence-corrected chi connectivity index (χ1v) is 4.94. The minimum absolute atomic E-state index is 1.08. The molecule has 68 valence electrons. The van der Waals surface area contributed by atoms with Gasteiger partial charge in [0.25, 0.3) is 0 Å². The summed E-state index contributed by atoms with van der Waals surface area (Å²) in [6.45, 7) is 4.38. The van der Waals surface area contributed by atoms with Crippen LogP contribution in [0.2, 0.25) is 0 Å². The van der Waals surface area contributed by atoms with Crippen LogP contribution in [0.1, 0.15) is 44.6 Å². The summed E-state index contributed by atoms with van der Waals surface area (Å²) in [6.07, 6.45) is 5.82. The summed E-state index contributed by atoms with van der Waals surface area (Å²) in [6, 6.07) is 4.22. The smallest absolute Gasteiger partial charge is 0.104 e. The molecule has 0 saturated carbocycles. The lowest BCUT2D eigenvalue weighted by Crippen LogP contribution is -1.80. The van der Waals surface area contributed by atoms with E-state index in [1.807, 2.05) is 0 Å². The maximum atomic E-state index is 5.63. The summed E-state index contributed by atoms with van der Waals surface area (Å²) in [7, 11) is 0. The fourth-order valence-electron chi connectivity index (χ4n) is 1.29. The van der Waals surface area contributed by atoms with E-state index in [9.17, 15) is 0 Å². The minimum Gasteiger partial charge on any atom is -0.466 e. The Balaban J connectivity index is 2.41. The van der Waals surface area contributed by atoms with Crippen molar-refractivity contribution in [2.24, 2.45) is 0 Å². The summed E-state index contributed by atoms with van der Waals surface area (Å²) < 4.78 is 5.63. The van der Waals surface area contributed by atoms with Gasteiger partial charge in [0.1, 0.15) is 11.5 Å². The van der Waals surface area contributed by atoms with Gasteiger partial charge in [-0.25, -0.2) is 0 Å². The molecule has 0 radical (unpaired) electrons. The minimum atomic E-state index is 1.08. The molecular weight excluding hydrogens is 148 g/mol. The van der Waals surface area contributed by atoms with E-state index in [0.29, 0.717) is 0 Å². The summed E-state index contributed by atoms with van der Waals surface area (Å²) >= 11 is 0. The van der Waals surface area contributed by atoms with Crippen LogP contribution >= 0.6 is 0 Å². The summed E-state index contributed by atoms with van der Waals surface area (Å²) in [5.41, 5.74) is 0. The highest BCUT2D eigenvalue weighted by Gasteiger charge is 1.99. The van der Waals surface area contributed by atoms with Crippen molar-refractivity contribution in [3.63, 3.8) is 0 Å². The number of unbranched alkanes of at least 4 members (excludes halogenated alkanes) is 1. The molecule has 0 amide bonds. The zero-order valence-corrected chi connectivity index (χ0v) is 8.10. The number of hydrogen-bond donors (Lipinski definition) is 0. The Bertz CT molecular complexity index is 213. The van der Waals surface area contributed by atoms with Crippen LogP contribution in [0.25, 0.3) is 0 Å². The van der Waals surface area contributed by atoms with Crippen molar-refractivity contribution in [1.82, 2.24) is 0 Å². The van der Waals surface area contributed by atoms with Crippen LogP contribution in [-0.2, 0) is 12.8 Å². The average Bonchev–Trinajstić information content (AvgIpc) is 2.50. The lowest BCUT2D eigenvalue weighted by Gasteiger charge is -1.93. The van der Waals surface area contributed by atoms with E-state index in [1.54, 1.807) is 0 Å². The Morgan fingerprint density at radius 2 is 1.67 bits per heavy atom. The first kappa shape index (κ1) is 9.37. The Kier molecular flexibility index (Phi) is 3.92. The van der Waals surface area contributed by atoms with Crippen molar-refractivity contribution >= 4 is 0 Å². The molecule has 1 nitrogen and oxygen atoms in total. The zero-order valence-electron chi connectivity index (χ0n) is 8.10. The molecule has 1 aromatic rings. The molecule has 12 heavy (non-hydrogen) atoms. The molecule has 0 unspecified atom stereocenters. The Hall–Kier alpha value is -0.720. The van der Waals surface area contributed by atoms with E-state index in [1.165, 1.54) is 19.3 Å². The highest BCUT2D eigenvalue weighted by atomic mass is 16.3. The van der Waals surface area contributed by atoms with Crippen LogP contribution in [-0.4, -0.2) is 0 Å². The summed E-state index contributed by atoms with van der Waals surface area (Å²) in [5.74, 6) is 2.30. The third-order valence-corrected chi connectivity index (χ3v) is 1.99. The second kappa shape index (κ2) is 5.02. The SMILES string of the molecule is CCCCc1ccc(CCC)o1. The molecule has 0 N–H and O–H groups in total. The highest BCUT2D eigenvalue weighted by molar-refractivity contribution is 5.07. The molecule has 0 bridgehead atoms. The monoisotopic (exact) mass is 166 g/mol. The fraction of sp³-hybridized carbons (Fsp3) is 0.636. The van der Waals surface area contributed by atoms with Crippen LogP contribution < -0.4 is 0 Å². The second-order valence-corrected chi connectivity index (χ2v) is 3.22. The van der Waals surface area contributed by atoms with Crippen molar-refractivity contribution in [2.75, 3.05) is 0 Å². The Morgan fingerprint density at radius 1 is 1.00 bits per heavy atom. The molecule has 0 saturated heterocycles. The van der Waals surface area contributed by atoms with E-state index in [4.69, 9.17) is 4.42 Å². The first-order valence-electron chi connectivity index (χ1n) is 4.94. The van der Waals surface area contributed by atoms with E-state index >= 15 is 0 Å².